The molecule has 2 heterocycles. The molecule has 3 unspecified atom stereocenters. The van der Waals surface area contributed by atoms with Crippen LogP contribution < -0.4 is 19.9 Å². The van der Waals surface area contributed by atoms with Crippen LogP contribution in [0.3, 0.4) is 0 Å². The molecule has 15 aromatic rings. The fraction of sp³-hybridized carbons (Fsp3) is 0.0444. The van der Waals surface area contributed by atoms with Crippen LogP contribution in [0.5, 0.6) is 23.0 Å². The number of benzene rings is 15. The summed E-state index contributed by atoms with van der Waals surface area (Å²) in [7, 11) is 0. The van der Waals surface area contributed by atoms with E-state index in [4.69, 9.17) is 9.47 Å². The van der Waals surface area contributed by atoms with Crippen LogP contribution in [0.1, 0.15) is 56.8 Å². The molecule has 92 heavy (non-hydrogen) atoms. The molecule has 2 aliphatic heterocycles. The van der Waals surface area contributed by atoms with Gasteiger partial charge in [0.25, 0.3) is 0 Å². The minimum Gasteiger partial charge on any atom is -0.456 e. The maximum absolute atomic E-state index is 7.22. The molecule has 0 saturated carbocycles. The molecule has 15 aromatic carbocycles. The molecular formula is C90H52O2. The molecule has 0 radical (unpaired) electrons. The van der Waals surface area contributed by atoms with Gasteiger partial charge in [-0.05, 0) is 173 Å². The van der Waals surface area contributed by atoms with Gasteiger partial charge >= 0.3 is 0 Å². The molecule has 0 aromatic heterocycles. The Morgan fingerprint density at radius 1 is 0.283 bits per heavy atom. The van der Waals surface area contributed by atoms with Crippen molar-refractivity contribution in [2.45, 2.75) is 23.2 Å². The van der Waals surface area contributed by atoms with Gasteiger partial charge in [0.2, 0.25) is 0 Å². The van der Waals surface area contributed by atoms with Gasteiger partial charge in [-0.15, -0.1) is 0 Å². The Morgan fingerprint density at radius 2 is 0.783 bits per heavy atom. The van der Waals surface area contributed by atoms with Crippen molar-refractivity contribution < 1.29 is 9.47 Å². The van der Waals surface area contributed by atoms with Crippen LogP contribution in [0, 0.1) is 0 Å². The number of fused-ring (bicyclic) bond motifs is 27. The minimum atomic E-state index is -0.625. The minimum absolute atomic E-state index is 0.142. The Labute approximate surface area is 531 Å². The third-order valence-corrected chi connectivity index (χ3v) is 22.3. The van der Waals surface area contributed by atoms with Crippen molar-refractivity contribution in [2.24, 2.45) is 0 Å². The van der Waals surface area contributed by atoms with Crippen LogP contribution in [0.4, 0.5) is 0 Å². The number of hydrogen-bond donors (Lipinski definition) is 0. The monoisotopic (exact) mass is 1160 g/mol. The summed E-state index contributed by atoms with van der Waals surface area (Å²) in [6, 6.07) is 110. The standard InChI is InChI=1S/C90H52O2/c1-2-22-53-51(19-1)43-44-69-59-25-5-10-39-76(59)89(84(53)69)74-37-8-3-23-57(74)66-32-16-31-65(85(66)89)56-49-50-80-83-63(56)47-46-62(82(83)73-27-7-12-41-78(73)91-80)54-28-15-30-64-55(54)45-48-70-60-26-6-11-40-77(60)90(86(64)70)75-38-9-4-24-58(75)67-33-17-34-68(87(67)90)72-36-18-35-71-61-29-13-20-52-21-14-42-79(81(52)61)92-88(71)72/h1-47,49-50,70H,48H2. The van der Waals surface area contributed by atoms with E-state index in [2.05, 4.69) is 297 Å². The fourth-order valence-corrected chi connectivity index (χ4v) is 19.1. The quantitative estimate of drug-likeness (QED) is 0.176. The molecule has 2 spiro atoms. The van der Waals surface area contributed by atoms with Gasteiger partial charge in [-0.2, -0.15) is 0 Å². The average Bonchev–Trinajstić information content (AvgIpc) is 1.50. The first-order valence-electron chi connectivity index (χ1n) is 32.4. The normalized spacial score (nSPS) is 17.7. The molecular weight excluding hydrogens is 1110 g/mol. The second-order valence-electron chi connectivity index (χ2n) is 26.1. The van der Waals surface area contributed by atoms with Gasteiger partial charge in [-0.1, -0.05) is 279 Å². The zero-order valence-corrected chi connectivity index (χ0v) is 49.9. The van der Waals surface area contributed by atoms with Gasteiger partial charge in [-0.3, -0.25) is 0 Å². The number of rotatable bonds is 3. The summed E-state index contributed by atoms with van der Waals surface area (Å²) in [5.41, 5.74) is 30.6. The van der Waals surface area contributed by atoms with E-state index < -0.39 is 10.8 Å². The molecule has 0 fully saturated rings. The van der Waals surface area contributed by atoms with Crippen LogP contribution in [-0.4, -0.2) is 0 Å². The van der Waals surface area contributed by atoms with Crippen molar-refractivity contribution >= 4 is 44.0 Å². The SMILES string of the molecule is C1=c2c(-c3ccc4c(-c5cccc6c5C5(c7ccccc7-6)c6ccccc6-c6ccc7ccccc7c65)ccc5c4c3-c3ccccc3O5)cccc2=C2C(C1)c1ccccc1C21c2ccccc2-c2cccc(-c3cccc4c3Oc3cccc5cccc-4c35)c21. The van der Waals surface area contributed by atoms with E-state index in [9.17, 15) is 0 Å². The summed E-state index contributed by atoms with van der Waals surface area (Å²) in [5, 5.41) is 9.79. The van der Waals surface area contributed by atoms with E-state index in [-0.39, 0.29) is 5.92 Å². The van der Waals surface area contributed by atoms with E-state index in [1.807, 2.05) is 0 Å². The number of ether oxygens (including phenoxy) is 2. The smallest absolute Gasteiger partial charge is 0.143 e. The molecule has 0 saturated heterocycles. The third-order valence-electron chi connectivity index (χ3n) is 22.3. The zero-order chi connectivity index (χ0) is 59.7. The zero-order valence-electron chi connectivity index (χ0n) is 49.9. The molecule has 0 bridgehead atoms. The lowest BCUT2D eigenvalue weighted by Crippen LogP contribution is -2.39. The first kappa shape index (κ1) is 49.3. The van der Waals surface area contributed by atoms with Gasteiger partial charge in [0.05, 0.1) is 10.8 Å². The molecule has 0 amide bonds. The highest BCUT2D eigenvalue weighted by Gasteiger charge is 2.57. The highest BCUT2D eigenvalue weighted by atomic mass is 16.5. The van der Waals surface area contributed by atoms with Crippen molar-refractivity contribution in [1.29, 1.82) is 0 Å². The van der Waals surface area contributed by atoms with Gasteiger partial charge in [-0.25, -0.2) is 0 Å². The first-order valence-corrected chi connectivity index (χ1v) is 32.4. The first-order chi connectivity index (χ1) is 45.7. The Morgan fingerprint density at radius 3 is 1.55 bits per heavy atom. The van der Waals surface area contributed by atoms with Crippen molar-refractivity contribution in [1.82, 2.24) is 0 Å². The van der Waals surface area contributed by atoms with E-state index in [0.29, 0.717) is 0 Å². The highest BCUT2D eigenvalue weighted by Crippen LogP contribution is 2.69. The predicted molar refractivity (Wildman–Crippen MR) is 375 cm³/mol. The Bertz CT molecular complexity index is 6060. The van der Waals surface area contributed by atoms with Gasteiger partial charge in [0, 0.05) is 38.9 Å². The maximum Gasteiger partial charge on any atom is 0.143 e. The van der Waals surface area contributed by atoms with Crippen molar-refractivity contribution in [3.8, 4) is 112 Å². The van der Waals surface area contributed by atoms with Gasteiger partial charge in [0.1, 0.15) is 23.0 Å². The molecule has 5 aliphatic carbocycles. The Balaban J connectivity index is 0.803. The third kappa shape index (κ3) is 5.89. The topological polar surface area (TPSA) is 18.5 Å². The summed E-state index contributed by atoms with van der Waals surface area (Å²) in [4.78, 5) is 0. The molecule has 2 heteroatoms. The van der Waals surface area contributed by atoms with Crippen LogP contribution in [-0.2, 0) is 10.8 Å². The van der Waals surface area contributed by atoms with Gasteiger partial charge in [0.15, 0.2) is 0 Å². The van der Waals surface area contributed by atoms with E-state index in [0.717, 1.165) is 51.5 Å². The summed E-state index contributed by atoms with van der Waals surface area (Å²) >= 11 is 0. The Kier molecular flexibility index (Phi) is 9.45. The van der Waals surface area contributed by atoms with Crippen LogP contribution in [0.15, 0.2) is 291 Å². The lowest BCUT2D eigenvalue weighted by molar-refractivity contribution is 0.487. The van der Waals surface area contributed by atoms with E-state index in [1.165, 1.54) is 160 Å². The summed E-state index contributed by atoms with van der Waals surface area (Å²) in [6.07, 6.45) is 3.44. The molecule has 7 aliphatic rings. The second kappa shape index (κ2) is 17.6. The fourth-order valence-electron chi connectivity index (χ4n) is 19.1. The van der Waals surface area contributed by atoms with E-state index >= 15 is 0 Å². The largest absolute Gasteiger partial charge is 0.456 e. The number of para-hydroxylation sites is 2. The number of hydrogen-bond acceptors (Lipinski definition) is 2. The second-order valence-corrected chi connectivity index (χ2v) is 26.1. The molecule has 0 N–H and O–H groups in total. The summed E-state index contributed by atoms with van der Waals surface area (Å²) in [5.74, 6) is 3.70. The summed E-state index contributed by atoms with van der Waals surface area (Å²) in [6.45, 7) is 0. The molecule has 2 nitrogen and oxygen atoms in total. The molecule has 424 valence electrons. The van der Waals surface area contributed by atoms with Gasteiger partial charge < -0.3 is 9.47 Å². The van der Waals surface area contributed by atoms with E-state index in [1.54, 1.807) is 0 Å². The molecule has 3 atom stereocenters. The maximum atomic E-state index is 7.22. The van der Waals surface area contributed by atoms with Crippen molar-refractivity contribution in [3.05, 3.63) is 346 Å². The lowest BCUT2D eigenvalue weighted by atomic mass is 9.66. The summed E-state index contributed by atoms with van der Waals surface area (Å²) < 4.78 is 14.4. The van der Waals surface area contributed by atoms with Crippen molar-refractivity contribution in [2.75, 3.05) is 0 Å². The van der Waals surface area contributed by atoms with Crippen LogP contribution >= 0.6 is 0 Å². The van der Waals surface area contributed by atoms with Crippen molar-refractivity contribution in [3.63, 3.8) is 0 Å². The highest BCUT2D eigenvalue weighted by molar-refractivity contribution is 6.16. The predicted octanol–water partition coefficient (Wildman–Crippen LogP) is 21.5. The lowest BCUT2D eigenvalue weighted by Gasteiger charge is -2.35. The van der Waals surface area contributed by atoms with Crippen LogP contribution in [0.25, 0.3) is 133 Å². The molecule has 22 rings (SSSR count). The van der Waals surface area contributed by atoms with Crippen LogP contribution in [0.2, 0.25) is 0 Å². The average molecular weight is 1170 g/mol. The Hall–Kier alpha value is -11.6.